The van der Waals surface area contributed by atoms with Crippen LogP contribution in [0, 0.1) is 0 Å². The Kier molecular flexibility index (Phi) is 7.46. The summed E-state index contributed by atoms with van der Waals surface area (Å²) in [7, 11) is 1.31. The van der Waals surface area contributed by atoms with Crippen LogP contribution in [0.2, 0.25) is 0 Å². The fraction of sp³-hybridized carbons (Fsp3) is 0.400. The minimum Gasteiger partial charge on any atom is -0.491 e. The molecule has 0 bridgehead atoms. The van der Waals surface area contributed by atoms with E-state index in [9.17, 15) is 18.0 Å². The number of carbonyl (C=O) groups excluding carboxylic acids is 1. The van der Waals surface area contributed by atoms with Gasteiger partial charge in [-0.1, -0.05) is 0 Å². The van der Waals surface area contributed by atoms with Crippen molar-refractivity contribution in [2.45, 2.75) is 25.6 Å². The molecule has 0 spiro atoms. The molecule has 0 aliphatic carbocycles. The molecule has 0 aliphatic heterocycles. The molecule has 1 amide bonds. The maximum Gasteiger partial charge on any atom is 0.422 e. The van der Waals surface area contributed by atoms with Gasteiger partial charge in [-0.15, -0.1) is 0 Å². The maximum atomic E-state index is 12.4. The van der Waals surface area contributed by atoms with Crippen LogP contribution >= 0.6 is 0 Å². The third-order valence-corrected chi connectivity index (χ3v) is 4.36. The van der Waals surface area contributed by atoms with Crippen molar-refractivity contribution in [3.05, 3.63) is 42.0 Å². The molecule has 0 atom stereocenters. The summed E-state index contributed by atoms with van der Waals surface area (Å²) in [6.45, 7) is -0.832. The minimum absolute atomic E-state index is 0.00401. The van der Waals surface area contributed by atoms with Gasteiger partial charge < -0.3 is 19.9 Å². The molecule has 2 N–H and O–H groups in total. The minimum atomic E-state index is -4.48. The summed E-state index contributed by atoms with van der Waals surface area (Å²) in [4.78, 5) is 20.3. The Morgan fingerprint density at radius 2 is 2.12 bits per heavy atom. The number of aliphatic hydroxyl groups excluding tert-OH is 1. The molecule has 3 aromatic rings. The zero-order valence-corrected chi connectivity index (χ0v) is 17.2. The van der Waals surface area contributed by atoms with Gasteiger partial charge in [0.25, 0.3) is 5.88 Å². The van der Waals surface area contributed by atoms with Crippen LogP contribution in [0.1, 0.15) is 17.7 Å². The number of alkyl halides is 3. The molecule has 0 aromatic carbocycles. The van der Waals surface area contributed by atoms with Crippen LogP contribution in [0.15, 0.2) is 30.7 Å². The molecular formula is C20H22F3N5O4. The first-order valence-corrected chi connectivity index (χ1v) is 9.70. The largest absolute Gasteiger partial charge is 0.491 e. The molecule has 0 radical (unpaired) electrons. The van der Waals surface area contributed by atoms with Gasteiger partial charge in [0.15, 0.2) is 12.4 Å². The van der Waals surface area contributed by atoms with E-state index in [1.165, 1.54) is 19.4 Å². The summed E-state index contributed by atoms with van der Waals surface area (Å²) in [6, 6.07) is 3.24. The van der Waals surface area contributed by atoms with Crippen LogP contribution in [0.25, 0.3) is 10.9 Å². The average molecular weight is 453 g/mol. The summed E-state index contributed by atoms with van der Waals surface area (Å²) in [6.07, 6.45) is 0.733. The normalized spacial score (nSPS) is 11.5. The van der Waals surface area contributed by atoms with Gasteiger partial charge in [0.2, 0.25) is 5.91 Å². The van der Waals surface area contributed by atoms with Gasteiger partial charge in [0, 0.05) is 37.1 Å². The molecule has 9 nitrogen and oxygen atoms in total. The van der Waals surface area contributed by atoms with Crippen molar-refractivity contribution >= 4 is 16.8 Å². The zero-order chi connectivity index (χ0) is 23.1. The Balaban J connectivity index is 1.74. The Morgan fingerprint density at radius 1 is 1.31 bits per heavy atom. The number of amides is 1. The number of aliphatic hydroxyl groups is 1. The van der Waals surface area contributed by atoms with Crippen molar-refractivity contribution in [1.29, 1.82) is 0 Å². The number of hydrogen-bond acceptors (Lipinski definition) is 7. The number of fused-ring (bicyclic) bond motifs is 1. The van der Waals surface area contributed by atoms with Crippen LogP contribution in [0.3, 0.4) is 0 Å². The molecule has 0 aliphatic rings. The van der Waals surface area contributed by atoms with Crippen LogP contribution in [-0.2, 0) is 17.8 Å². The fourth-order valence-electron chi connectivity index (χ4n) is 2.94. The van der Waals surface area contributed by atoms with Crippen LogP contribution < -0.4 is 14.8 Å². The highest BCUT2D eigenvalue weighted by Crippen LogP contribution is 2.27. The van der Waals surface area contributed by atoms with Crippen LogP contribution in [0.4, 0.5) is 13.2 Å². The number of hydrogen-bond donors (Lipinski definition) is 2. The summed E-state index contributed by atoms with van der Waals surface area (Å²) in [5.74, 6) is -0.391. The molecule has 3 heterocycles. The smallest absolute Gasteiger partial charge is 0.422 e. The third-order valence-electron chi connectivity index (χ3n) is 4.36. The fourth-order valence-corrected chi connectivity index (χ4v) is 2.94. The highest BCUT2D eigenvalue weighted by atomic mass is 19.4. The number of nitrogens with one attached hydrogen (secondary N) is 1. The van der Waals surface area contributed by atoms with Crippen molar-refractivity contribution in [2.24, 2.45) is 0 Å². The van der Waals surface area contributed by atoms with E-state index in [0.717, 1.165) is 0 Å². The van der Waals surface area contributed by atoms with Crippen molar-refractivity contribution in [3.63, 3.8) is 0 Å². The lowest BCUT2D eigenvalue weighted by Crippen LogP contribution is -2.26. The Labute approximate surface area is 181 Å². The van der Waals surface area contributed by atoms with E-state index in [-0.39, 0.29) is 37.1 Å². The van der Waals surface area contributed by atoms with E-state index >= 15 is 0 Å². The number of rotatable bonds is 10. The topological polar surface area (TPSA) is 111 Å². The van der Waals surface area contributed by atoms with E-state index < -0.39 is 12.8 Å². The molecule has 12 heteroatoms. The lowest BCUT2D eigenvalue weighted by Gasteiger charge is -2.12. The second kappa shape index (κ2) is 10.3. The number of methoxy groups -OCH3 is 1. The van der Waals surface area contributed by atoms with Crippen molar-refractivity contribution < 1.29 is 32.5 Å². The highest BCUT2D eigenvalue weighted by Gasteiger charge is 2.29. The van der Waals surface area contributed by atoms with Crippen molar-refractivity contribution in [2.75, 3.05) is 26.9 Å². The third kappa shape index (κ3) is 6.30. The summed E-state index contributed by atoms with van der Waals surface area (Å²) in [5, 5.41) is 16.7. The lowest BCUT2D eigenvalue weighted by molar-refractivity contribution is -0.154. The highest BCUT2D eigenvalue weighted by molar-refractivity contribution is 5.86. The molecule has 0 fully saturated rings. The van der Waals surface area contributed by atoms with E-state index in [1.807, 2.05) is 0 Å². The Bertz CT molecular complexity index is 1070. The number of pyridine rings is 2. The number of nitrogens with zero attached hydrogens (tertiary/aromatic N) is 4. The predicted octanol–water partition coefficient (Wildman–Crippen LogP) is 1.87. The second-order valence-electron chi connectivity index (χ2n) is 6.88. The predicted molar refractivity (Wildman–Crippen MR) is 107 cm³/mol. The average Bonchev–Trinajstić information content (AvgIpc) is 3.15. The maximum absolute atomic E-state index is 12.4. The molecule has 3 rings (SSSR count). The lowest BCUT2D eigenvalue weighted by atomic mass is 10.2. The summed E-state index contributed by atoms with van der Waals surface area (Å²) < 4.78 is 48.6. The molecule has 32 heavy (non-hydrogen) atoms. The molecular weight excluding hydrogens is 431 g/mol. The van der Waals surface area contributed by atoms with Gasteiger partial charge in [-0.25, -0.2) is 4.98 Å². The van der Waals surface area contributed by atoms with E-state index in [0.29, 0.717) is 35.1 Å². The van der Waals surface area contributed by atoms with Gasteiger partial charge in [0.05, 0.1) is 31.3 Å². The standard InChI is InChI=1S/C20H22F3N5O4/c1-31-17-7-13(9-26-19(17)32-12-20(21,22)23)10-28-11-14-15(27-28)3-5-24-16(14)8-18(30)25-4-2-6-29/h3,5,7,9,11,29H,2,4,6,8,10,12H2,1H3,(H,25,30). The van der Waals surface area contributed by atoms with Crippen LogP contribution in [-0.4, -0.2) is 63.8 Å². The first kappa shape index (κ1) is 23.3. The molecule has 172 valence electrons. The van der Waals surface area contributed by atoms with Crippen LogP contribution in [0.5, 0.6) is 11.6 Å². The zero-order valence-electron chi connectivity index (χ0n) is 17.2. The van der Waals surface area contributed by atoms with E-state index in [4.69, 9.17) is 9.84 Å². The first-order valence-electron chi connectivity index (χ1n) is 9.70. The van der Waals surface area contributed by atoms with Crippen molar-refractivity contribution in [1.82, 2.24) is 25.1 Å². The van der Waals surface area contributed by atoms with Gasteiger partial charge in [-0.05, 0) is 24.1 Å². The van der Waals surface area contributed by atoms with Gasteiger partial charge in [-0.2, -0.15) is 18.3 Å². The Hall–Kier alpha value is -3.41. The molecule has 3 aromatic heterocycles. The molecule has 0 saturated heterocycles. The monoisotopic (exact) mass is 453 g/mol. The quantitative estimate of drug-likeness (QED) is 0.451. The van der Waals surface area contributed by atoms with Crippen molar-refractivity contribution in [3.8, 4) is 11.6 Å². The second-order valence-corrected chi connectivity index (χ2v) is 6.88. The Morgan fingerprint density at radius 3 is 2.84 bits per heavy atom. The van der Waals surface area contributed by atoms with E-state index in [2.05, 4.69) is 25.1 Å². The SMILES string of the molecule is COc1cc(Cn2cc3c(CC(=O)NCCCO)nccc3n2)cnc1OCC(F)(F)F. The number of aromatic nitrogens is 4. The number of carbonyl (C=O) groups is 1. The van der Waals surface area contributed by atoms with Gasteiger partial charge in [-0.3, -0.25) is 14.5 Å². The summed E-state index contributed by atoms with van der Waals surface area (Å²) in [5.41, 5.74) is 1.83. The summed E-state index contributed by atoms with van der Waals surface area (Å²) >= 11 is 0. The number of halogens is 3. The first-order chi connectivity index (χ1) is 15.3. The molecule has 0 unspecified atom stereocenters. The molecule has 0 saturated carbocycles. The van der Waals surface area contributed by atoms with E-state index in [1.54, 1.807) is 23.1 Å². The van der Waals surface area contributed by atoms with Gasteiger partial charge >= 0.3 is 6.18 Å². The van der Waals surface area contributed by atoms with Gasteiger partial charge in [0.1, 0.15) is 0 Å². The number of ether oxygens (including phenoxy) is 2.